The average molecular weight is 368 g/mol. The Hall–Kier alpha value is -1.95. The number of fused-ring (bicyclic) bond motifs is 2. The first-order valence-electron chi connectivity index (χ1n) is 7.43. The molecule has 0 atom stereocenters. The minimum atomic E-state index is 0. The molecular weight excluding hydrogens is 349 g/mol. The van der Waals surface area contributed by atoms with Crippen LogP contribution in [0, 0.1) is 0 Å². The number of ether oxygens (including phenoxy) is 2. The molecule has 1 aromatic heterocycles. The van der Waals surface area contributed by atoms with Gasteiger partial charge >= 0.3 is 0 Å². The number of nitrogens with two attached hydrogens (primary N) is 1. The number of aromatic amines is 1. The van der Waals surface area contributed by atoms with Crippen molar-refractivity contribution in [2.24, 2.45) is 5.73 Å². The van der Waals surface area contributed by atoms with Crippen LogP contribution < -0.4 is 15.2 Å². The highest BCUT2D eigenvalue weighted by atomic mass is 35.5. The summed E-state index contributed by atoms with van der Waals surface area (Å²) in [5.74, 6) is 2.53. The van der Waals surface area contributed by atoms with Crippen LogP contribution in [0.25, 0.3) is 22.2 Å². The van der Waals surface area contributed by atoms with Gasteiger partial charge in [0.05, 0.1) is 11.0 Å². The number of benzene rings is 2. The second-order valence-corrected chi connectivity index (χ2v) is 5.28. The van der Waals surface area contributed by atoms with Crippen LogP contribution in [0.15, 0.2) is 36.4 Å². The molecule has 2 heterocycles. The fourth-order valence-electron chi connectivity index (χ4n) is 2.78. The van der Waals surface area contributed by atoms with Crippen molar-refractivity contribution in [1.82, 2.24) is 9.97 Å². The van der Waals surface area contributed by atoms with E-state index in [9.17, 15) is 0 Å². The Morgan fingerprint density at radius 3 is 2.75 bits per heavy atom. The molecule has 0 aliphatic carbocycles. The van der Waals surface area contributed by atoms with Crippen molar-refractivity contribution >= 4 is 35.8 Å². The largest absolute Gasteiger partial charge is 0.486 e. The number of para-hydroxylation sites is 1. The van der Waals surface area contributed by atoms with Crippen molar-refractivity contribution in [3.63, 3.8) is 0 Å². The van der Waals surface area contributed by atoms with Gasteiger partial charge in [-0.15, -0.1) is 24.8 Å². The number of imidazole rings is 1. The fourth-order valence-corrected chi connectivity index (χ4v) is 2.78. The molecule has 0 amide bonds. The maximum Gasteiger partial charge on any atom is 0.169 e. The fraction of sp³-hybridized carbons (Fsp3) is 0.235. The predicted octanol–water partition coefficient (Wildman–Crippen LogP) is 3.35. The minimum Gasteiger partial charge on any atom is -0.486 e. The first-order chi connectivity index (χ1) is 10.8. The molecule has 0 unspecified atom stereocenters. The molecule has 5 nitrogen and oxygen atoms in total. The van der Waals surface area contributed by atoms with E-state index in [1.54, 1.807) is 0 Å². The Labute approximate surface area is 152 Å². The summed E-state index contributed by atoms with van der Waals surface area (Å²) in [6.07, 6.45) is 0.752. The highest BCUT2D eigenvalue weighted by molar-refractivity contribution is 5.86. The summed E-state index contributed by atoms with van der Waals surface area (Å²) >= 11 is 0. The van der Waals surface area contributed by atoms with Crippen molar-refractivity contribution < 1.29 is 9.47 Å². The van der Waals surface area contributed by atoms with Crippen LogP contribution in [0.3, 0.4) is 0 Å². The summed E-state index contributed by atoms with van der Waals surface area (Å²) in [6, 6.07) is 12.1. The van der Waals surface area contributed by atoms with Crippen LogP contribution >= 0.6 is 24.8 Å². The summed E-state index contributed by atoms with van der Waals surface area (Å²) in [5.41, 5.74) is 9.65. The second-order valence-electron chi connectivity index (χ2n) is 5.28. The summed E-state index contributed by atoms with van der Waals surface area (Å²) < 4.78 is 11.4. The van der Waals surface area contributed by atoms with Gasteiger partial charge in [-0.3, -0.25) is 0 Å². The quantitative estimate of drug-likeness (QED) is 0.744. The monoisotopic (exact) mass is 367 g/mol. The molecule has 0 spiro atoms. The van der Waals surface area contributed by atoms with Gasteiger partial charge in [-0.05, 0) is 30.3 Å². The van der Waals surface area contributed by atoms with Gasteiger partial charge in [0.25, 0.3) is 0 Å². The number of nitrogens with zero attached hydrogens (tertiary/aromatic N) is 1. The molecule has 0 radical (unpaired) electrons. The van der Waals surface area contributed by atoms with Crippen molar-refractivity contribution in [2.45, 2.75) is 6.42 Å². The molecule has 7 heteroatoms. The van der Waals surface area contributed by atoms with E-state index in [2.05, 4.69) is 22.1 Å². The maximum atomic E-state index is 5.80. The molecule has 1 aliphatic heterocycles. The Bertz CT molecular complexity index is 836. The molecular formula is C17H19Cl2N3O2. The average Bonchev–Trinajstić information content (AvgIpc) is 2.96. The standard InChI is InChI=1S/C17H17N3O2.2ClH/c18-7-6-16-19-13-5-4-11(10-14(13)20-16)12-2-1-3-15-17(12)22-9-8-21-15;;/h1-5,10H,6-9,18H2,(H,19,20);2*1H. The van der Waals surface area contributed by atoms with Crippen molar-refractivity contribution in [3.05, 3.63) is 42.2 Å². The maximum absolute atomic E-state index is 5.80. The molecule has 2 aromatic carbocycles. The molecule has 0 saturated heterocycles. The van der Waals surface area contributed by atoms with Gasteiger partial charge in [0.15, 0.2) is 11.5 Å². The lowest BCUT2D eigenvalue weighted by molar-refractivity contribution is 0.172. The molecule has 1 aliphatic rings. The molecule has 3 N–H and O–H groups in total. The van der Waals surface area contributed by atoms with Crippen molar-refractivity contribution in [3.8, 4) is 22.6 Å². The van der Waals surface area contributed by atoms with E-state index in [1.807, 2.05) is 24.3 Å². The van der Waals surface area contributed by atoms with Gasteiger partial charge in [-0.2, -0.15) is 0 Å². The second kappa shape index (κ2) is 7.75. The molecule has 0 fully saturated rings. The number of hydrogen-bond donors (Lipinski definition) is 2. The highest BCUT2D eigenvalue weighted by Crippen LogP contribution is 2.40. The van der Waals surface area contributed by atoms with Crippen LogP contribution in [-0.2, 0) is 6.42 Å². The van der Waals surface area contributed by atoms with Gasteiger partial charge in [0.2, 0.25) is 0 Å². The predicted molar refractivity (Wildman–Crippen MR) is 99.8 cm³/mol. The number of rotatable bonds is 3. The van der Waals surface area contributed by atoms with Gasteiger partial charge in [-0.25, -0.2) is 4.98 Å². The zero-order valence-corrected chi connectivity index (χ0v) is 14.6. The van der Waals surface area contributed by atoms with Crippen LogP contribution in [0.5, 0.6) is 11.5 Å². The third-order valence-corrected chi connectivity index (χ3v) is 3.79. The van der Waals surface area contributed by atoms with Crippen LogP contribution in [0.1, 0.15) is 5.82 Å². The zero-order chi connectivity index (χ0) is 14.9. The summed E-state index contributed by atoms with van der Waals surface area (Å²) in [5, 5.41) is 0. The van der Waals surface area contributed by atoms with E-state index in [1.165, 1.54) is 0 Å². The van der Waals surface area contributed by atoms with E-state index < -0.39 is 0 Å². The van der Waals surface area contributed by atoms with Crippen LogP contribution in [0.2, 0.25) is 0 Å². The first-order valence-corrected chi connectivity index (χ1v) is 7.43. The number of nitrogens with one attached hydrogen (secondary N) is 1. The van der Waals surface area contributed by atoms with E-state index in [0.29, 0.717) is 19.8 Å². The Morgan fingerprint density at radius 1 is 1.08 bits per heavy atom. The lowest BCUT2D eigenvalue weighted by Crippen LogP contribution is -2.15. The van der Waals surface area contributed by atoms with E-state index in [0.717, 1.165) is 45.9 Å². The van der Waals surface area contributed by atoms with Gasteiger partial charge in [0, 0.05) is 12.0 Å². The van der Waals surface area contributed by atoms with E-state index in [4.69, 9.17) is 15.2 Å². The van der Waals surface area contributed by atoms with Crippen molar-refractivity contribution in [2.75, 3.05) is 19.8 Å². The Morgan fingerprint density at radius 2 is 1.92 bits per heavy atom. The van der Waals surface area contributed by atoms with Gasteiger partial charge in [-0.1, -0.05) is 18.2 Å². The summed E-state index contributed by atoms with van der Waals surface area (Å²) in [7, 11) is 0. The summed E-state index contributed by atoms with van der Waals surface area (Å²) in [6.45, 7) is 1.76. The SMILES string of the molecule is Cl.Cl.NCCc1nc2cc(-c3cccc4c3OCCO4)ccc2[nH]1. The minimum absolute atomic E-state index is 0. The Kier molecular flexibility index (Phi) is 5.94. The molecule has 128 valence electrons. The normalized spacial score (nSPS) is 12.4. The van der Waals surface area contributed by atoms with E-state index in [-0.39, 0.29) is 24.8 Å². The molecule has 3 aromatic rings. The molecule has 0 saturated carbocycles. The van der Waals surface area contributed by atoms with Gasteiger partial charge < -0.3 is 20.2 Å². The highest BCUT2D eigenvalue weighted by Gasteiger charge is 2.17. The Balaban J connectivity index is 0.00000104. The zero-order valence-electron chi connectivity index (χ0n) is 13.0. The number of aromatic nitrogens is 2. The van der Waals surface area contributed by atoms with Gasteiger partial charge in [0.1, 0.15) is 19.0 Å². The number of halogens is 2. The smallest absolute Gasteiger partial charge is 0.169 e. The molecule has 24 heavy (non-hydrogen) atoms. The molecule has 0 bridgehead atoms. The topological polar surface area (TPSA) is 73.2 Å². The molecule has 4 rings (SSSR count). The third kappa shape index (κ3) is 3.29. The van der Waals surface area contributed by atoms with Crippen LogP contribution in [-0.4, -0.2) is 29.7 Å². The lowest BCUT2D eigenvalue weighted by atomic mass is 10.0. The summed E-state index contributed by atoms with van der Waals surface area (Å²) in [4.78, 5) is 7.88. The first kappa shape index (κ1) is 18.4. The number of H-pyrrole nitrogens is 1. The number of hydrogen-bond acceptors (Lipinski definition) is 4. The van der Waals surface area contributed by atoms with Crippen molar-refractivity contribution in [1.29, 1.82) is 0 Å². The third-order valence-electron chi connectivity index (χ3n) is 3.79. The van der Waals surface area contributed by atoms with Crippen LogP contribution in [0.4, 0.5) is 0 Å². The van der Waals surface area contributed by atoms with E-state index >= 15 is 0 Å². The lowest BCUT2D eigenvalue weighted by Gasteiger charge is -2.21.